The van der Waals surface area contributed by atoms with Gasteiger partial charge in [0.15, 0.2) is 0 Å². The van der Waals surface area contributed by atoms with Gasteiger partial charge in [-0.1, -0.05) is 11.6 Å². The number of halogens is 2. The molecule has 4 nitrogen and oxygen atoms in total. The molecule has 1 unspecified atom stereocenters. The Hall–Kier alpha value is -0.780. The van der Waals surface area contributed by atoms with Gasteiger partial charge in [-0.05, 0) is 53.5 Å². The van der Waals surface area contributed by atoms with Crippen LogP contribution in [-0.4, -0.2) is 31.7 Å². The lowest BCUT2D eigenvalue weighted by atomic mass is 9.89. The number of rotatable bonds is 3. The summed E-state index contributed by atoms with van der Waals surface area (Å²) >= 11 is 9.35. The van der Waals surface area contributed by atoms with Crippen molar-refractivity contribution in [1.82, 2.24) is 5.32 Å². The minimum Gasteiger partial charge on any atom is -0.467 e. The summed E-state index contributed by atoms with van der Waals surface area (Å²) in [6.45, 7) is 1.48. The second-order valence-corrected chi connectivity index (χ2v) is 5.87. The van der Waals surface area contributed by atoms with Crippen LogP contribution in [0.3, 0.4) is 0 Å². The summed E-state index contributed by atoms with van der Waals surface area (Å²) in [5.41, 5.74) is 0.130. The molecule has 1 fully saturated rings. The maximum Gasteiger partial charge on any atom is 0.332 e. The van der Waals surface area contributed by atoms with E-state index >= 15 is 0 Å². The van der Waals surface area contributed by atoms with Gasteiger partial charge in [0.25, 0.3) is 0 Å². The summed E-state index contributed by atoms with van der Waals surface area (Å²) in [5, 5.41) is 7.16. The van der Waals surface area contributed by atoms with E-state index in [1.54, 1.807) is 6.07 Å². The Kier molecular flexibility index (Phi) is 4.71. The second kappa shape index (κ2) is 6.11. The van der Waals surface area contributed by atoms with Crippen LogP contribution in [0.25, 0.3) is 0 Å². The minimum atomic E-state index is -0.708. The van der Waals surface area contributed by atoms with Gasteiger partial charge in [-0.2, -0.15) is 0 Å². The lowest BCUT2D eigenvalue weighted by Crippen LogP contribution is -2.57. The zero-order valence-electron chi connectivity index (χ0n) is 10.6. The van der Waals surface area contributed by atoms with Crippen LogP contribution in [0.5, 0.6) is 0 Å². The predicted octanol–water partition coefficient (Wildman–Crippen LogP) is 2.81. The third-order valence-electron chi connectivity index (χ3n) is 3.26. The van der Waals surface area contributed by atoms with Gasteiger partial charge in [0, 0.05) is 16.7 Å². The number of ether oxygens (including phenoxy) is 1. The first-order valence-corrected chi connectivity index (χ1v) is 7.27. The number of nitrogens with one attached hydrogen (secondary N) is 2. The summed E-state index contributed by atoms with van der Waals surface area (Å²) in [7, 11) is 1.41. The largest absolute Gasteiger partial charge is 0.467 e. The molecule has 0 saturated carbocycles. The van der Waals surface area contributed by atoms with Crippen molar-refractivity contribution >= 4 is 39.2 Å². The molecule has 0 amide bonds. The van der Waals surface area contributed by atoms with Crippen LogP contribution in [0.2, 0.25) is 5.02 Å². The standard InChI is InChI=1S/C13H16BrClN2O2/c1-19-12(18)13(5-2-6-16-8-13)17-9-3-4-11(15)10(14)7-9/h3-4,7,16-17H,2,5-6,8H2,1H3. The van der Waals surface area contributed by atoms with Gasteiger partial charge in [0.2, 0.25) is 0 Å². The number of methoxy groups -OCH3 is 1. The van der Waals surface area contributed by atoms with E-state index in [1.807, 2.05) is 12.1 Å². The van der Waals surface area contributed by atoms with E-state index in [-0.39, 0.29) is 5.97 Å². The van der Waals surface area contributed by atoms with E-state index in [0.29, 0.717) is 11.6 Å². The van der Waals surface area contributed by atoms with E-state index in [9.17, 15) is 4.79 Å². The Morgan fingerprint density at radius 2 is 2.37 bits per heavy atom. The van der Waals surface area contributed by atoms with E-state index in [0.717, 1.165) is 29.5 Å². The molecular formula is C13H16BrClN2O2. The molecule has 6 heteroatoms. The molecule has 0 aromatic heterocycles. The van der Waals surface area contributed by atoms with Gasteiger partial charge in [0.1, 0.15) is 5.54 Å². The summed E-state index contributed by atoms with van der Waals surface area (Å²) in [5.74, 6) is -0.245. The molecule has 2 N–H and O–H groups in total. The Morgan fingerprint density at radius 3 is 2.95 bits per heavy atom. The van der Waals surface area contributed by atoms with Crippen LogP contribution >= 0.6 is 27.5 Å². The molecule has 0 aliphatic carbocycles. The number of hydrogen-bond donors (Lipinski definition) is 2. The first-order valence-electron chi connectivity index (χ1n) is 6.10. The van der Waals surface area contributed by atoms with Crippen LogP contribution in [-0.2, 0) is 9.53 Å². The highest BCUT2D eigenvalue weighted by Gasteiger charge is 2.40. The minimum absolute atomic E-state index is 0.245. The first kappa shape index (κ1) is 14.6. The molecule has 1 saturated heterocycles. The number of piperidine rings is 1. The second-order valence-electron chi connectivity index (χ2n) is 4.61. The van der Waals surface area contributed by atoms with Crippen LogP contribution < -0.4 is 10.6 Å². The molecule has 0 bridgehead atoms. The molecule has 104 valence electrons. The number of hydrogen-bond acceptors (Lipinski definition) is 4. The highest BCUT2D eigenvalue weighted by Crippen LogP contribution is 2.29. The van der Waals surface area contributed by atoms with Gasteiger partial charge in [-0.25, -0.2) is 4.79 Å². The van der Waals surface area contributed by atoms with Gasteiger partial charge in [-0.3, -0.25) is 0 Å². The van der Waals surface area contributed by atoms with Crippen molar-refractivity contribution in [3.05, 3.63) is 27.7 Å². The quantitative estimate of drug-likeness (QED) is 0.826. The van der Waals surface area contributed by atoms with Gasteiger partial charge in [-0.15, -0.1) is 0 Å². The zero-order valence-corrected chi connectivity index (χ0v) is 13.0. The highest BCUT2D eigenvalue weighted by atomic mass is 79.9. The Balaban J connectivity index is 2.24. The fourth-order valence-corrected chi connectivity index (χ4v) is 2.78. The maximum absolute atomic E-state index is 12.1. The molecule has 1 heterocycles. The average molecular weight is 348 g/mol. The van der Waals surface area contributed by atoms with Gasteiger partial charge >= 0.3 is 5.97 Å². The Morgan fingerprint density at radius 1 is 1.58 bits per heavy atom. The third kappa shape index (κ3) is 3.22. The average Bonchev–Trinajstić information content (AvgIpc) is 2.43. The van der Waals surface area contributed by atoms with Crippen LogP contribution in [0.15, 0.2) is 22.7 Å². The topological polar surface area (TPSA) is 50.4 Å². The molecular weight excluding hydrogens is 332 g/mol. The smallest absolute Gasteiger partial charge is 0.332 e. The molecule has 19 heavy (non-hydrogen) atoms. The SMILES string of the molecule is COC(=O)C1(Nc2ccc(Cl)c(Br)c2)CCCNC1. The van der Waals surface area contributed by atoms with Gasteiger partial charge < -0.3 is 15.4 Å². The lowest BCUT2D eigenvalue weighted by Gasteiger charge is -2.36. The number of benzene rings is 1. The fraction of sp³-hybridized carbons (Fsp3) is 0.462. The maximum atomic E-state index is 12.1. The number of carbonyl (C=O) groups excluding carboxylic acids is 1. The van der Waals surface area contributed by atoms with Crippen molar-refractivity contribution in [2.24, 2.45) is 0 Å². The molecule has 1 aliphatic rings. The van der Waals surface area contributed by atoms with E-state index in [1.165, 1.54) is 7.11 Å². The Bertz CT molecular complexity index is 476. The molecule has 1 atom stereocenters. The third-order valence-corrected chi connectivity index (χ3v) is 4.48. The monoisotopic (exact) mass is 346 g/mol. The molecule has 1 aromatic rings. The number of carbonyl (C=O) groups is 1. The molecule has 1 aliphatic heterocycles. The van der Waals surface area contributed by atoms with Crippen LogP contribution in [0.4, 0.5) is 5.69 Å². The summed E-state index contributed by atoms with van der Waals surface area (Å²) in [6.07, 6.45) is 1.67. The lowest BCUT2D eigenvalue weighted by molar-refractivity contribution is -0.146. The normalized spacial score (nSPS) is 22.9. The summed E-state index contributed by atoms with van der Waals surface area (Å²) in [6, 6.07) is 5.50. The molecule has 2 rings (SSSR count). The van der Waals surface area contributed by atoms with Crippen LogP contribution in [0, 0.1) is 0 Å². The highest BCUT2D eigenvalue weighted by molar-refractivity contribution is 9.10. The molecule has 0 radical (unpaired) electrons. The van der Waals surface area contributed by atoms with Crippen molar-refractivity contribution in [3.63, 3.8) is 0 Å². The Labute approximate surface area is 126 Å². The van der Waals surface area contributed by atoms with E-state index in [2.05, 4.69) is 26.6 Å². The molecule has 0 spiro atoms. The number of esters is 1. The van der Waals surface area contributed by atoms with E-state index in [4.69, 9.17) is 16.3 Å². The van der Waals surface area contributed by atoms with Crippen LogP contribution in [0.1, 0.15) is 12.8 Å². The fourth-order valence-electron chi connectivity index (χ4n) is 2.28. The first-order chi connectivity index (χ1) is 9.07. The van der Waals surface area contributed by atoms with Crippen molar-refractivity contribution in [1.29, 1.82) is 0 Å². The van der Waals surface area contributed by atoms with Crippen molar-refractivity contribution < 1.29 is 9.53 Å². The zero-order chi connectivity index (χ0) is 13.9. The van der Waals surface area contributed by atoms with Crippen molar-refractivity contribution in [3.8, 4) is 0 Å². The predicted molar refractivity (Wildman–Crippen MR) is 79.6 cm³/mol. The summed E-state index contributed by atoms with van der Waals surface area (Å²) < 4.78 is 5.73. The van der Waals surface area contributed by atoms with Crippen molar-refractivity contribution in [2.75, 3.05) is 25.5 Å². The van der Waals surface area contributed by atoms with Gasteiger partial charge in [0.05, 0.1) is 12.1 Å². The van der Waals surface area contributed by atoms with E-state index < -0.39 is 5.54 Å². The molecule has 1 aromatic carbocycles. The van der Waals surface area contributed by atoms with Crippen molar-refractivity contribution in [2.45, 2.75) is 18.4 Å². The summed E-state index contributed by atoms with van der Waals surface area (Å²) in [4.78, 5) is 12.1. The number of anilines is 1.